The number of morpholine rings is 1. The molecule has 2 atom stereocenters. The molecule has 2 aliphatic heterocycles. The number of rotatable bonds is 5. The summed E-state index contributed by atoms with van der Waals surface area (Å²) in [7, 11) is 1.81. The molecule has 7 nitrogen and oxygen atoms in total. The number of hydrogen-bond donors (Lipinski definition) is 2. The van der Waals surface area contributed by atoms with Crippen LogP contribution in [0.15, 0.2) is 47.6 Å². The average Bonchev–Trinajstić information content (AvgIpc) is 3.25. The number of halogens is 1. The van der Waals surface area contributed by atoms with Crippen LogP contribution in [0.1, 0.15) is 18.9 Å². The molecule has 3 heterocycles. The van der Waals surface area contributed by atoms with Crippen molar-refractivity contribution >= 4 is 29.1 Å². The molecule has 1 aromatic carbocycles. The van der Waals surface area contributed by atoms with Gasteiger partial charge >= 0.3 is 0 Å². The van der Waals surface area contributed by atoms with Crippen LogP contribution in [0.3, 0.4) is 0 Å². The zero-order chi connectivity index (χ0) is 21.6. The van der Waals surface area contributed by atoms with Gasteiger partial charge in [-0.05, 0) is 49.2 Å². The molecule has 8 heteroatoms. The van der Waals surface area contributed by atoms with Crippen molar-refractivity contribution in [1.82, 2.24) is 15.6 Å². The van der Waals surface area contributed by atoms with Crippen LogP contribution in [0, 0.1) is 0 Å². The molecule has 0 aliphatic carbocycles. The van der Waals surface area contributed by atoms with Gasteiger partial charge in [-0.25, -0.2) is 4.98 Å². The zero-order valence-electron chi connectivity index (χ0n) is 18.2. The smallest absolute Gasteiger partial charge is 0.191 e. The van der Waals surface area contributed by atoms with Gasteiger partial charge in [0.05, 0.1) is 12.7 Å². The Morgan fingerprint density at radius 1 is 1.23 bits per heavy atom. The fourth-order valence-corrected chi connectivity index (χ4v) is 4.31. The fourth-order valence-electron chi connectivity index (χ4n) is 4.13. The first-order valence-electron chi connectivity index (χ1n) is 10.9. The van der Waals surface area contributed by atoms with Crippen LogP contribution >= 0.6 is 11.6 Å². The molecule has 2 aromatic rings. The van der Waals surface area contributed by atoms with Gasteiger partial charge in [0.15, 0.2) is 5.96 Å². The molecule has 2 unspecified atom stereocenters. The van der Waals surface area contributed by atoms with E-state index in [1.165, 1.54) is 11.3 Å². The summed E-state index contributed by atoms with van der Waals surface area (Å²) in [6.07, 6.45) is 3.17. The van der Waals surface area contributed by atoms with E-state index in [0.29, 0.717) is 12.6 Å². The summed E-state index contributed by atoms with van der Waals surface area (Å²) in [5.41, 5.74) is 2.35. The van der Waals surface area contributed by atoms with Crippen molar-refractivity contribution in [2.24, 2.45) is 4.99 Å². The summed E-state index contributed by atoms with van der Waals surface area (Å²) < 4.78 is 5.64. The van der Waals surface area contributed by atoms with E-state index in [9.17, 15) is 0 Å². The van der Waals surface area contributed by atoms with Crippen LogP contribution in [0.5, 0.6) is 0 Å². The van der Waals surface area contributed by atoms with E-state index in [2.05, 4.69) is 49.5 Å². The number of guanidine groups is 1. The number of pyridine rings is 1. The third kappa shape index (κ3) is 5.80. The van der Waals surface area contributed by atoms with E-state index in [0.717, 1.165) is 56.0 Å². The van der Waals surface area contributed by atoms with Crippen molar-refractivity contribution in [2.75, 3.05) is 49.6 Å². The van der Waals surface area contributed by atoms with Crippen LogP contribution in [0.25, 0.3) is 0 Å². The van der Waals surface area contributed by atoms with Crippen molar-refractivity contribution < 1.29 is 4.74 Å². The summed E-state index contributed by atoms with van der Waals surface area (Å²) in [6, 6.07) is 12.6. The minimum absolute atomic E-state index is 0.234. The Balaban J connectivity index is 1.30. The molecule has 31 heavy (non-hydrogen) atoms. The van der Waals surface area contributed by atoms with E-state index in [1.807, 2.05) is 37.5 Å². The van der Waals surface area contributed by atoms with Gasteiger partial charge in [-0.2, -0.15) is 0 Å². The fraction of sp³-hybridized carbons (Fsp3) is 0.478. The Morgan fingerprint density at radius 3 is 2.94 bits per heavy atom. The van der Waals surface area contributed by atoms with Gasteiger partial charge in [0.1, 0.15) is 5.82 Å². The first kappa shape index (κ1) is 21.7. The maximum Gasteiger partial charge on any atom is 0.191 e. The highest BCUT2D eigenvalue weighted by Gasteiger charge is 2.23. The van der Waals surface area contributed by atoms with Crippen molar-refractivity contribution in [2.45, 2.75) is 32.0 Å². The van der Waals surface area contributed by atoms with E-state index in [-0.39, 0.29) is 6.10 Å². The lowest BCUT2D eigenvalue weighted by molar-refractivity contribution is 0.0529. The second kappa shape index (κ2) is 10.2. The van der Waals surface area contributed by atoms with Gasteiger partial charge in [-0.3, -0.25) is 4.99 Å². The SMILES string of the molecule is CN=C(NCc1ccnc(N2CCOC(C)C2)c1)NC1CCN(c2cccc(Cl)c2)C1. The lowest BCUT2D eigenvalue weighted by atomic mass is 10.2. The van der Waals surface area contributed by atoms with Crippen LogP contribution in [0.2, 0.25) is 5.02 Å². The highest BCUT2D eigenvalue weighted by atomic mass is 35.5. The predicted molar refractivity (Wildman–Crippen MR) is 127 cm³/mol. The van der Waals surface area contributed by atoms with Gasteiger partial charge in [-0.1, -0.05) is 17.7 Å². The first-order chi connectivity index (χ1) is 15.1. The quantitative estimate of drug-likeness (QED) is 0.548. The second-order valence-corrected chi connectivity index (χ2v) is 8.57. The Morgan fingerprint density at radius 2 is 2.13 bits per heavy atom. The normalized spacial score (nSPS) is 22.0. The first-order valence-corrected chi connectivity index (χ1v) is 11.3. The number of hydrogen-bond acceptors (Lipinski definition) is 5. The van der Waals surface area contributed by atoms with E-state index < -0.39 is 0 Å². The highest BCUT2D eigenvalue weighted by Crippen LogP contribution is 2.23. The number of benzene rings is 1. The molecule has 0 amide bonds. The largest absolute Gasteiger partial charge is 0.375 e. The minimum Gasteiger partial charge on any atom is -0.375 e. The monoisotopic (exact) mass is 442 g/mol. The maximum atomic E-state index is 6.15. The summed E-state index contributed by atoms with van der Waals surface area (Å²) in [4.78, 5) is 13.6. The molecule has 0 radical (unpaired) electrons. The topological polar surface area (TPSA) is 65.0 Å². The molecule has 1 aromatic heterocycles. The third-order valence-electron chi connectivity index (χ3n) is 5.76. The van der Waals surface area contributed by atoms with E-state index in [4.69, 9.17) is 16.3 Å². The molecular weight excluding hydrogens is 412 g/mol. The molecular formula is C23H31ClN6O. The molecule has 0 saturated carbocycles. The number of ether oxygens (including phenoxy) is 1. The Hall–Kier alpha value is -2.51. The van der Waals surface area contributed by atoms with Gasteiger partial charge in [0.25, 0.3) is 0 Å². The van der Waals surface area contributed by atoms with Crippen LogP contribution in [0.4, 0.5) is 11.5 Å². The van der Waals surface area contributed by atoms with E-state index >= 15 is 0 Å². The Kier molecular flexibility index (Phi) is 7.14. The summed E-state index contributed by atoms with van der Waals surface area (Å²) in [5.74, 6) is 1.82. The van der Waals surface area contributed by atoms with Crippen molar-refractivity contribution in [3.63, 3.8) is 0 Å². The lowest BCUT2D eigenvalue weighted by Crippen LogP contribution is -2.44. The molecule has 2 aliphatic rings. The van der Waals surface area contributed by atoms with Crippen LogP contribution in [-0.4, -0.2) is 62.9 Å². The van der Waals surface area contributed by atoms with Crippen molar-refractivity contribution in [3.8, 4) is 0 Å². The molecule has 0 bridgehead atoms. The van der Waals surface area contributed by atoms with Gasteiger partial charge < -0.3 is 25.2 Å². The highest BCUT2D eigenvalue weighted by molar-refractivity contribution is 6.30. The molecule has 4 rings (SSSR count). The number of nitrogens with zero attached hydrogens (tertiary/aromatic N) is 4. The number of aliphatic imine (C=N–C) groups is 1. The van der Waals surface area contributed by atoms with E-state index in [1.54, 1.807) is 0 Å². The maximum absolute atomic E-state index is 6.15. The minimum atomic E-state index is 0.234. The van der Waals surface area contributed by atoms with Gasteiger partial charge in [0.2, 0.25) is 0 Å². The van der Waals surface area contributed by atoms with Crippen molar-refractivity contribution in [3.05, 3.63) is 53.2 Å². The standard InChI is InChI=1S/C23H31ClN6O/c1-17-15-30(10-11-31-17)22-12-18(6-8-26-22)14-27-23(25-2)28-20-7-9-29(16-20)21-5-3-4-19(24)13-21/h3-6,8,12-13,17,20H,7,9-11,14-16H2,1-2H3,(H2,25,27,28). The van der Waals surface area contributed by atoms with Crippen LogP contribution < -0.4 is 20.4 Å². The average molecular weight is 443 g/mol. The summed E-state index contributed by atoms with van der Waals surface area (Å²) in [6.45, 7) is 7.22. The number of anilines is 2. The Labute approximate surface area is 189 Å². The lowest BCUT2D eigenvalue weighted by Gasteiger charge is -2.32. The van der Waals surface area contributed by atoms with Crippen molar-refractivity contribution in [1.29, 1.82) is 0 Å². The van der Waals surface area contributed by atoms with Gasteiger partial charge in [-0.15, -0.1) is 0 Å². The molecule has 0 spiro atoms. The zero-order valence-corrected chi connectivity index (χ0v) is 19.0. The summed E-state index contributed by atoms with van der Waals surface area (Å²) >= 11 is 6.15. The predicted octanol–water partition coefficient (Wildman–Crippen LogP) is 2.90. The second-order valence-electron chi connectivity index (χ2n) is 8.13. The molecule has 2 fully saturated rings. The van der Waals surface area contributed by atoms with Crippen LogP contribution in [-0.2, 0) is 11.3 Å². The Bertz CT molecular complexity index is 907. The number of aromatic nitrogens is 1. The van der Waals surface area contributed by atoms with Gasteiger partial charge in [0, 0.05) is 62.7 Å². The number of nitrogens with one attached hydrogen (secondary N) is 2. The third-order valence-corrected chi connectivity index (χ3v) is 6.00. The molecule has 2 saturated heterocycles. The summed E-state index contributed by atoms with van der Waals surface area (Å²) in [5, 5.41) is 7.77. The molecule has 166 valence electrons. The molecule has 2 N–H and O–H groups in total.